The molecule has 38 heavy (non-hydrogen) atoms. The Morgan fingerprint density at radius 1 is 0.789 bits per heavy atom. The minimum Gasteiger partial charge on any atom is -0.438 e. The summed E-state index contributed by atoms with van der Waals surface area (Å²) in [6, 6.07) is 31.9. The number of hydrogen-bond acceptors (Lipinski definition) is 4. The van der Waals surface area contributed by atoms with Crippen LogP contribution in [0.3, 0.4) is 0 Å². The van der Waals surface area contributed by atoms with Crippen LogP contribution in [0.4, 0.5) is 16.2 Å². The van der Waals surface area contributed by atoms with E-state index in [9.17, 15) is 14.4 Å². The smallest absolute Gasteiger partial charge is 0.411 e. The molecule has 1 aliphatic rings. The number of cyclic esters (lactones) is 1. The molecule has 2 atom stereocenters. The molecule has 0 aromatic heterocycles. The van der Waals surface area contributed by atoms with Crippen molar-refractivity contribution in [2.45, 2.75) is 25.6 Å². The minimum absolute atomic E-state index is 0.215. The second kappa shape index (κ2) is 11.0. The molecule has 5 rings (SSSR count). The number of nitrogens with one attached hydrogen (secondary N) is 2. The molecule has 1 fully saturated rings. The van der Waals surface area contributed by atoms with Gasteiger partial charge in [0.2, 0.25) is 0 Å². The predicted molar refractivity (Wildman–Crippen MR) is 146 cm³/mol. The lowest BCUT2D eigenvalue weighted by molar-refractivity contribution is -0.121. The molecule has 4 aromatic carbocycles. The number of carbonyl (C=O) groups is 3. The first-order valence-electron chi connectivity index (χ1n) is 12.3. The van der Waals surface area contributed by atoms with Crippen LogP contribution in [0, 0.1) is 6.92 Å². The fraction of sp³-hybridized carbons (Fsp3) is 0.129. The fourth-order valence-corrected chi connectivity index (χ4v) is 4.42. The van der Waals surface area contributed by atoms with Crippen molar-refractivity contribution in [3.05, 3.63) is 131 Å². The van der Waals surface area contributed by atoms with Crippen LogP contribution in [0.15, 0.2) is 109 Å². The molecule has 2 N–H and O–H groups in total. The summed E-state index contributed by atoms with van der Waals surface area (Å²) in [5.41, 5.74) is 4.26. The van der Waals surface area contributed by atoms with Crippen LogP contribution in [-0.4, -0.2) is 28.8 Å². The van der Waals surface area contributed by atoms with Gasteiger partial charge in [-0.05, 0) is 54.4 Å². The molecule has 1 saturated heterocycles. The summed E-state index contributed by atoms with van der Waals surface area (Å²) in [4.78, 5) is 40.8. The molecule has 0 aliphatic carbocycles. The van der Waals surface area contributed by atoms with Crippen molar-refractivity contribution in [3.63, 3.8) is 0 Å². The maximum atomic E-state index is 13.6. The van der Waals surface area contributed by atoms with E-state index < -0.39 is 18.2 Å². The van der Waals surface area contributed by atoms with E-state index in [-0.39, 0.29) is 18.4 Å². The highest BCUT2D eigenvalue weighted by Crippen LogP contribution is 2.35. The van der Waals surface area contributed by atoms with Gasteiger partial charge < -0.3 is 15.4 Å². The van der Waals surface area contributed by atoms with Crippen LogP contribution in [0.1, 0.15) is 33.2 Å². The summed E-state index contributed by atoms with van der Waals surface area (Å²) in [6.45, 7) is 2.20. The monoisotopic (exact) mass is 505 g/mol. The molecule has 0 spiro atoms. The molecule has 7 nitrogen and oxygen atoms in total. The number of anilines is 2. The number of nitrogens with zero attached hydrogens (tertiary/aromatic N) is 1. The molecule has 190 valence electrons. The highest BCUT2D eigenvalue weighted by molar-refractivity contribution is 6.04. The van der Waals surface area contributed by atoms with Crippen LogP contribution < -0.4 is 10.6 Å². The van der Waals surface area contributed by atoms with Crippen LogP contribution >= 0.6 is 0 Å². The van der Waals surface area contributed by atoms with Gasteiger partial charge in [0.15, 0.2) is 12.1 Å². The van der Waals surface area contributed by atoms with Gasteiger partial charge in [-0.3, -0.25) is 14.5 Å². The van der Waals surface area contributed by atoms with Crippen molar-refractivity contribution in [2.24, 2.45) is 0 Å². The number of hydrogen-bond donors (Lipinski definition) is 2. The quantitative estimate of drug-likeness (QED) is 0.325. The summed E-state index contributed by atoms with van der Waals surface area (Å²) in [7, 11) is 0. The molecule has 1 heterocycles. The highest BCUT2D eigenvalue weighted by atomic mass is 16.6. The van der Waals surface area contributed by atoms with Crippen molar-refractivity contribution in [3.8, 4) is 0 Å². The van der Waals surface area contributed by atoms with E-state index in [4.69, 9.17) is 4.74 Å². The van der Waals surface area contributed by atoms with Gasteiger partial charge in [0.1, 0.15) is 0 Å². The molecule has 3 amide bonds. The first kappa shape index (κ1) is 24.8. The zero-order chi connectivity index (χ0) is 26.5. The maximum absolute atomic E-state index is 13.6. The predicted octanol–water partition coefficient (Wildman–Crippen LogP) is 5.95. The molecule has 0 bridgehead atoms. The van der Waals surface area contributed by atoms with Crippen molar-refractivity contribution in [1.82, 2.24) is 4.90 Å². The van der Waals surface area contributed by atoms with Gasteiger partial charge in [-0.2, -0.15) is 0 Å². The van der Waals surface area contributed by atoms with E-state index >= 15 is 0 Å². The molecule has 0 saturated carbocycles. The SMILES string of the molecule is Cc1ccc(CN2C(=O)O[C@@H](c3cccc(NC(=O)c4ccccc4)c3)[C@@H]2C(=O)Nc2ccccc2)cc1. The molecule has 0 radical (unpaired) electrons. The normalized spacial score (nSPS) is 16.6. The lowest BCUT2D eigenvalue weighted by atomic mass is 9.99. The Morgan fingerprint density at radius 3 is 2.16 bits per heavy atom. The van der Waals surface area contributed by atoms with Crippen LogP contribution in [0.2, 0.25) is 0 Å². The molecule has 4 aromatic rings. The number of benzene rings is 4. The largest absolute Gasteiger partial charge is 0.438 e. The van der Waals surface area contributed by atoms with Crippen molar-refractivity contribution >= 4 is 29.3 Å². The minimum atomic E-state index is -0.927. The molecular formula is C31H27N3O4. The second-order valence-electron chi connectivity index (χ2n) is 9.16. The number of rotatable bonds is 7. The number of carbonyl (C=O) groups excluding carboxylic acids is 3. The number of aryl methyl sites for hydroxylation is 1. The third-order valence-corrected chi connectivity index (χ3v) is 6.38. The summed E-state index contributed by atoms with van der Waals surface area (Å²) in [5.74, 6) is -0.622. The van der Waals surface area contributed by atoms with Gasteiger partial charge >= 0.3 is 6.09 Å². The summed E-state index contributed by atoms with van der Waals surface area (Å²) in [6.07, 6.45) is -1.45. The van der Waals surface area contributed by atoms with Crippen molar-refractivity contribution in [2.75, 3.05) is 10.6 Å². The average molecular weight is 506 g/mol. The van der Waals surface area contributed by atoms with Gasteiger partial charge in [0, 0.05) is 16.9 Å². The first-order chi connectivity index (χ1) is 18.5. The van der Waals surface area contributed by atoms with Gasteiger partial charge in [0.05, 0.1) is 6.54 Å². The van der Waals surface area contributed by atoms with Gasteiger partial charge in [-0.15, -0.1) is 0 Å². The third kappa shape index (κ3) is 5.57. The maximum Gasteiger partial charge on any atom is 0.411 e. The van der Waals surface area contributed by atoms with E-state index in [2.05, 4.69) is 10.6 Å². The average Bonchev–Trinajstić information content (AvgIpc) is 3.27. The molecule has 7 heteroatoms. The van der Waals surface area contributed by atoms with E-state index in [0.717, 1.165) is 11.1 Å². The van der Waals surface area contributed by atoms with E-state index in [1.807, 2.05) is 55.5 Å². The van der Waals surface area contributed by atoms with Crippen molar-refractivity contribution in [1.29, 1.82) is 0 Å². The zero-order valence-corrected chi connectivity index (χ0v) is 20.8. The van der Waals surface area contributed by atoms with Crippen LogP contribution in [0.5, 0.6) is 0 Å². The number of para-hydroxylation sites is 1. The molecule has 0 unspecified atom stereocenters. The standard InChI is InChI=1S/C31H27N3O4/c1-21-15-17-22(18-16-21)20-34-27(30(36)32-25-12-6-3-7-13-25)28(38-31(34)37)24-11-8-14-26(19-24)33-29(35)23-9-4-2-5-10-23/h2-19,27-28H,20H2,1H3,(H,32,36)(H,33,35)/t27-,28+/m1/s1. The summed E-state index contributed by atoms with van der Waals surface area (Å²) in [5, 5.41) is 5.79. The summed E-state index contributed by atoms with van der Waals surface area (Å²) >= 11 is 0. The lowest BCUT2D eigenvalue weighted by Gasteiger charge is -2.24. The van der Waals surface area contributed by atoms with Gasteiger partial charge in [-0.1, -0.05) is 78.4 Å². The lowest BCUT2D eigenvalue weighted by Crippen LogP contribution is -2.43. The number of ether oxygens (including phenoxy) is 1. The van der Waals surface area contributed by atoms with E-state index in [1.165, 1.54) is 4.90 Å². The Balaban J connectivity index is 1.44. The first-order valence-corrected chi connectivity index (χ1v) is 12.3. The van der Waals surface area contributed by atoms with Crippen LogP contribution in [-0.2, 0) is 16.1 Å². The van der Waals surface area contributed by atoms with Gasteiger partial charge in [-0.25, -0.2) is 4.79 Å². The summed E-state index contributed by atoms with van der Waals surface area (Å²) < 4.78 is 5.79. The number of amides is 3. The molecular weight excluding hydrogens is 478 g/mol. The highest BCUT2D eigenvalue weighted by Gasteiger charge is 2.47. The Hall–Kier alpha value is -4.91. The molecule has 1 aliphatic heterocycles. The second-order valence-corrected chi connectivity index (χ2v) is 9.16. The van der Waals surface area contributed by atoms with Crippen molar-refractivity contribution < 1.29 is 19.1 Å². The third-order valence-electron chi connectivity index (χ3n) is 6.38. The Kier molecular flexibility index (Phi) is 7.17. The Bertz CT molecular complexity index is 1440. The Morgan fingerprint density at radius 2 is 1.45 bits per heavy atom. The zero-order valence-electron chi connectivity index (χ0n) is 20.8. The van der Waals surface area contributed by atoms with E-state index in [1.54, 1.807) is 60.7 Å². The fourth-order valence-electron chi connectivity index (χ4n) is 4.42. The van der Waals surface area contributed by atoms with Gasteiger partial charge in [0.25, 0.3) is 11.8 Å². The topological polar surface area (TPSA) is 87.7 Å². The Labute approximate surface area is 221 Å². The van der Waals surface area contributed by atoms with Crippen LogP contribution in [0.25, 0.3) is 0 Å². The van der Waals surface area contributed by atoms with E-state index in [0.29, 0.717) is 22.5 Å².